The zero-order chi connectivity index (χ0) is 22.1. The topological polar surface area (TPSA) is 103 Å². The van der Waals surface area contributed by atoms with Crippen molar-refractivity contribution in [1.29, 1.82) is 0 Å². The summed E-state index contributed by atoms with van der Waals surface area (Å²) in [4.78, 5) is 34.1. The Labute approximate surface area is 186 Å². The summed E-state index contributed by atoms with van der Waals surface area (Å²) in [6, 6.07) is 2.83. The number of alkyl halides is 2. The average molecular weight is 507 g/mol. The Hall–Kier alpha value is -3.12. The van der Waals surface area contributed by atoms with Crippen molar-refractivity contribution >= 4 is 48.8 Å². The molecular weight excluding hydrogens is 494 g/mol. The van der Waals surface area contributed by atoms with Crippen molar-refractivity contribution in [3.05, 3.63) is 52.3 Å². The van der Waals surface area contributed by atoms with Gasteiger partial charge in [-0.15, -0.1) is 0 Å². The number of nitrogens with zero attached hydrogens (tertiary/aromatic N) is 5. The Kier molecular flexibility index (Phi) is 5.83. The fourth-order valence-electron chi connectivity index (χ4n) is 2.83. The number of halogens is 3. The van der Waals surface area contributed by atoms with Gasteiger partial charge in [0.25, 0.3) is 12.3 Å². The number of rotatable bonds is 5. The number of anilines is 1. The molecule has 0 radical (unpaired) electrons. The van der Waals surface area contributed by atoms with Gasteiger partial charge in [-0.2, -0.15) is 4.98 Å². The Morgan fingerprint density at radius 3 is 2.68 bits per heavy atom. The number of fused-ring (bicyclic) bond motifs is 1. The number of methoxy groups -OCH3 is 1. The van der Waals surface area contributed by atoms with Crippen molar-refractivity contribution < 1.29 is 18.3 Å². The number of aryl methyl sites for hydroxylation is 1. The van der Waals surface area contributed by atoms with Crippen LogP contribution in [0.1, 0.15) is 28.2 Å². The maximum absolute atomic E-state index is 13.2. The van der Waals surface area contributed by atoms with Crippen molar-refractivity contribution in [1.82, 2.24) is 24.9 Å². The third-order valence-electron chi connectivity index (χ3n) is 4.22. The first-order chi connectivity index (χ1) is 14.9. The van der Waals surface area contributed by atoms with E-state index >= 15 is 0 Å². The van der Waals surface area contributed by atoms with E-state index in [0.29, 0.717) is 37.0 Å². The van der Waals surface area contributed by atoms with E-state index in [4.69, 9.17) is 4.74 Å². The van der Waals surface area contributed by atoms with Crippen molar-refractivity contribution in [3.63, 3.8) is 0 Å². The normalized spacial score (nSPS) is 11.2. The summed E-state index contributed by atoms with van der Waals surface area (Å²) in [5, 5.41) is 2.99. The van der Waals surface area contributed by atoms with Crippen LogP contribution in [0.3, 0.4) is 0 Å². The number of amides is 1. The highest BCUT2D eigenvalue weighted by molar-refractivity contribution is 9.10. The summed E-state index contributed by atoms with van der Waals surface area (Å²) in [5.74, 6) is -0.264. The van der Waals surface area contributed by atoms with Crippen LogP contribution >= 0.6 is 27.3 Å². The number of thiazole rings is 1. The van der Waals surface area contributed by atoms with Gasteiger partial charge in [0.1, 0.15) is 16.0 Å². The summed E-state index contributed by atoms with van der Waals surface area (Å²) in [5.41, 5.74) is 1.42. The molecule has 4 aromatic rings. The second-order valence-corrected chi connectivity index (χ2v) is 8.07. The van der Waals surface area contributed by atoms with Crippen LogP contribution < -0.4 is 10.1 Å². The molecule has 0 aromatic carbocycles. The molecule has 31 heavy (non-hydrogen) atoms. The lowest BCUT2D eigenvalue weighted by atomic mass is 9.99. The molecule has 0 bridgehead atoms. The van der Waals surface area contributed by atoms with Crippen LogP contribution in [-0.4, -0.2) is 37.9 Å². The third-order valence-corrected chi connectivity index (χ3v) is 5.46. The Morgan fingerprint density at radius 1 is 1.13 bits per heavy atom. The highest BCUT2D eigenvalue weighted by atomic mass is 79.9. The molecule has 0 aliphatic carbocycles. The quantitative estimate of drug-likeness (QED) is 0.414. The van der Waals surface area contributed by atoms with Crippen LogP contribution in [0.5, 0.6) is 5.75 Å². The Morgan fingerprint density at radius 2 is 1.94 bits per heavy atom. The lowest BCUT2D eigenvalue weighted by Crippen LogP contribution is -2.14. The van der Waals surface area contributed by atoms with Crippen molar-refractivity contribution in [2.24, 2.45) is 0 Å². The molecule has 8 nitrogen and oxygen atoms in total. The molecule has 1 N–H and O–H groups in total. The predicted molar refractivity (Wildman–Crippen MR) is 115 cm³/mol. The molecule has 4 rings (SSSR count). The molecular formula is C19H13BrF2N6O2S. The van der Waals surface area contributed by atoms with Crippen LogP contribution in [0.4, 0.5) is 13.9 Å². The maximum Gasteiger partial charge on any atom is 0.280 e. The van der Waals surface area contributed by atoms with Crippen LogP contribution in [-0.2, 0) is 0 Å². The van der Waals surface area contributed by atoms with Crippen LogP contribution in [0.25, 0.3) is 21.6 Å². The van der Waals surface area contributed by atoms with E-state index in [-0.39, 0.29) is 11.3 Å². The molecule has 12 heteroatoms. The number of hydrogen-bond donors (Lipinski definition) is 1. The van der Waals surface area contributed by atoms with Crippen molar-refractivity contribution in [3.8, 4) is 16.9 Å². The summed E-state index contributed by atoms with van der Waals surface area (Å²) in [6.07, 6.45) is 1.32. The fourth-order valence-corrected chi connectivity index (χ4v) is 4.02. The molecule has 0 aliphatic rings. The van der Waals surface area contributed by atoms with Gasteiger partial charge in [-0.1, -0.05) is 11.3 Å². The molecule has 0 spiro atoms. The Bertz CT molecular complexity index is 1300. The van der Waals surface area contributed by atoms with E-state index in [1.807, 2.05) is 0 Å². The van der Waals surface area contributed by atoms with Crippen molar-refractivity contribution in [2.45, 2.75) is 13.3 Å². The second kappa shape index (κ2) is 8.55. The lowest BCUT2D eigenvalue weighted by Gasteiger charge is -2.14. The minimum Gasteiger partial charge on any atom is -0.494 e. The van der Waals surface area contributed by atoms with E-state index < -0.39 is 18.0 Å². The molecule has 0 aliphatic heterocycles. The SMILES string of the molecule is COc1cnc(C(F)F)cc1-c1cc(C)ncc1C(=O)Nc1nc2ncc(Br)nc2s1. The zero-order valence-electron chi connectivity index (χ0n) is 16.1. The van der Waals surface area contributed by atoms with Gasteiger partial charge in [0.2, 0.25) is 0 Å². The molecule has 4 heterocycles. The minimum absolute atomic E-state index is 0.164. The summed E-state index contributed by atoms with van der Waals surface area (Å²) in [7, 11) is 1.40. The highest BCUT2D eigenvalue weighted by Gasteiger charge is 2.21. The van der Waals surface area contributed by atoms with E-state index in [0.717, 1.165) is 11.3 Å². The first-order valence-electron chi connectivity index (χ1n) is 8.75. The van der Waals surface area contributed by atoms with Gasteiger partial charge in [0.15, 0.2) is 15.6 Å². The number of aromatic nitrogens is 5. The number of carbonyl (C=O) groups excluding carboxylic acids is 1. The fraction of sp³-hybridized carbons (Fsp3) is 0.158. The van der Waals surface area contributed by atoms with Gasteiger partial charge in [0, 0.05) is 23.0 Å². The highest BCUT2D eigenvalue weighted by Crippen LogP contribution is 2.35. The monoisotopic (exact) mass is 506 g/mol. The van der Waals surface area contributed by atoms with Gasteiger partial charge in [-0.05, 0) is 35.0 Å². The lowest BCUT2D eigenvalue weighted by molar-refractivity contribution is 0.102. The number of nitrogens with one attached hydrogen (secondary N) is 1. The first-order valence-corrected chi connectivity index (χ1v) is 10.4. The molecule has 1 amide bonds. The number of hydrogen-bond acceptors (Lipinski definition) is 8. The second-order valence-electron chi connectivity index (χ2n) is 6.28. The first kappa shape index (κ1) is 21.1. The number of carbonyl (C=O) groups is 1. The largest absolute Gasteiger partial charge is 0.494 e. The van der Waals surface area contributed by atoms with Gasteiger partial charge < -0.3 is 4.74 Å². The molecule has 158 valence electrons. The van der Waals surface area contributed by atoms with E-state index in [1.54, 1.807) is 13.0 Å². The van der Waals surface area contributed by atoms with Gasteiger partial charge in [-0.25, -0.2) is 18.7 Å². The molecule has 4 aromatic heterocycles. The standard InChI is InChI=1S/C19H13BrF2N6O2S/c1-8-3-9(10-4-12(15(21)22)24-6-13(10)30-2)11(5-23-8)17(29)28-19-27-16-18(31-19)26-14(20)7-25-16/h3-7,15H,1-2H3,(H,25,27,28,29). The molecule has 0 atom stereocenters. The average Bonchev–Trinajstić information content (AvgIpc) is 3.14. The van der Waals surface area contributed by atoms with Crippen LogP contribution in [0.2, 0.25) is 0 Å². The van der Waals surface area contributed by atoms with Crippen molar-refractivity contribution in [2.75, 3.05) is 12.4 Å². The minimum atomic E-state index is -2.77. The predicted octanol–water partition coefficient (Wildman–Crippen LogP) is 4.81. The van der Waals surface area contributed by atoms with Gasteiger partial charge >= 0.3 is 0 Å². The molecule has 0 fully saturated rings. The number of ether oxygens (including phenoxy) is 1. The molecule has 0 saturated heterocycles. The summed E-state index contributed by atoms with van der Waals surface area (Å²) in [6.45, 7) is 1.73. The third kappa shape index (κ3) is 4.35. The van der Waals surface area contributed by atoms with Crippen LogP contribution in [0.15, 0.2) is 35.3 Å². The van der Waals surface area contributed by atoms with Crippen LogP contribution in [0, 0.1) is 6.92 Å². The smallest absolute Gasteiger partial charge is 0.280 e. The van der Waals surface area contributed by atoms with E-state index in [1.165, 1.54) is 31.8 Å². The zero-order valence-corrected chi connectivity index (χ0v) is 18.5. The van der Waals surface area contributed by atoms with E-state index in [2.05, 4.69) is 46.2 Å². The van der Waals surface area contributed by atoms with E-state index in [9.17, 15) is 13.6 Å². The van der Waals surface area contributed by atoms with Gasteiger partial charge in [0.05, 0.1) is 25.1 Å². The molecule has 0 unspecified atom stereocenters. The number of pyridine rings is 2. The maximum atomic E-state index is 13.2. The molecule has 0 saturated carbocycles. The Balaban J connectivity index is 1.76. The summed E-state index contributed by atoms with van der Waals surface area (Å²) >= 11 is 4.39. The summed E-state index contributed by atoms with van der Waals surface area (Å²) < 4.78 is 32.3. The van der Waals surface area contributed by atoms with Gasteiger partial charge in [-0.3, -0.25) is 20.1 Å².